The predicted octanol–water partition coefficient (Wildman–Crippen LogP) is 5.70. The molecular weight excluding hydrogens is 536 g/mol. The first-order valence-electron chi connectivity index (χ1n) is 6.97. The summed E-state index contributed by atoms with van der Waals surface area (Å²) in [6.45, 7) is 5.37. The van der Waals surface area contributed by atoms with Gasteiger partial charge in [-0.25, -0.2) is 0 Å². The summed E-state index contributed by atoms with van der Waals surface area (Å²) in [6.07, 6.45) is 0. The molecule has 0 N–H and O–H groups in total. The monoisotopic (exact) mass is 550 g/mol. The maximum absolute atomic E-state index is 12.9. The summed E-state index contributed by atoms with van der Waals surface area (Å²) < 4.78 is 68.4. The number of aryl methyl sites for hydroxylation is 3. The minimum atomic E-state index is -5.69. The SMILES string of the molecule is Cc1cc(C)c(I(OS(=O)(=O)C(F)(F)F)c2ccc(Br)cc2)c(C)c1. The van der Waals surface area contributed by atoms with Crippen LogP contribution < -0.4 is 0 Å². The van der Waals surface area contributed by atoms with E-state index in [1.807, 2.05) is 19.1 Å². The molecule has 0 aliphatic rings. The van der Waals surface area contributed by atoms with Gasteiger partial charge in [0.2, 0.25) is 0 Å². The van der Waals surface area contributed by atoms with Crippen LogP contribution in [-0.2, 0) is 12.6 Å². The van der Waals surface area contributed by atoms with Gasteiger partial charge in [0, 0.05) is 0 Å². The molecule has 0 spiro atoms. The molecule has 138 valence electrons. The van der Waals surface area contributed by atoms with Gasteiger partial charge < -0.3 is 0 Å². The Kier molecular flexibility index (Phi) is 6.22. The van der Waals surface area contributed by atoms with Crippen molar-refractivity contribution in [2.75, 3.05) is 0 Å². The Hall–Kier alpha value is -0.650. The molecule has 0 amide bonds. The summed E-state index contributed by atoms with van der Waals surface area (Å²) in [7, 11) is -5.69. The molecule has 2 aromatic rings. The number of halogens is 5. The van der Waals surface area contributed by atoms with Gasteiger partial charge in [0.25, 0.3) is 0 Å². The van der Waals surface area contributed by atoms with E-state index in [-0.39, 0.29) is 0 Å². The second kappa shape index (κ2) is 7.53. The Morgan fingerprint density at radius 3 is 1.92 bits per heavy atom. The summed E-state index contributed by atoms with van der Waals surface area (Å²) in [4.78, 5) is 0. The van der Waals surface area contributed by atoms with Crippen molar-refractivity contribution in [2.45, 2.75) is 26.3 Å². The zero-order valence-corrected chi connectivity index (χ0v) is 18.0. The van der Waals surface area contributed by atoms with Crippen molar-refractivity contribution in [1.29, 1.82) is 0 Å². The maximum atomic E-state index is 12.9. The summed E-state index contributed by atoms with van der Waals surface area (Å²) in [5.41, 5.74) is -3.06. The van der Waals surface area contributed by atoms with E-state index in [0.717, 1.165) is 21.2 Å². The second-order valence-corrected chi connectivity index (χ2v) is 12.6. The summed E-state index contributed by atoms with van der Waals surface area (Å²) in [5, 5.41) is 0. The first kappa shape index (κ1) is 20.7. The average Bonchev–Trinajstić information content (AvgIpc) is 2.44. The van der Waals surface area contributed by atoms with Crippen LogP contribution >= 0.6 is 36.2 Å². The molecule has 0 radical (unpaired) electrons. The molecule has 0 unspecified atom stereocenters. The number of alkyl halides is 3. The van der Waals surface area contributed by atoms with Crippen LogP contribution in [0.15, 0.2) is 40.9 Å². The van der Waals surface area contributed by atoms with Crippen molar-refractivity contribution in [2.24, 2.45) is 0 Å². The summed E-state index contributed by atoms with van der Waals surface area (Å²) in [6, 6.07) is 10.1. The van der Waals surface area contributed by atoms with E-state index >= 15 is 0 Å². The van der Waals surface area contributed by atoms with Crippen molar-refractivity contribution in [1.82, 2.24) is 0 Å². The first-order chi connectivity index (χ1) is 11.4. The van der Waals surface area contributed by atoms with E-state index in [2.05, 4.69) is 15.9 Å². The van der Waals surface area contributed by atoms with E-state index in [0.29, 0.717) is 7.14 Å². The third kappa shape index (κ3) is 4.75. The molecule has 2 rings (SSSR count). The first-order valence-corrected chi connectivity index (χ1v) is 12.2. The van der Waals surface area contributed by atoms with Gasteiger partial charge in [0.1, 0.15) is 0 Å². The molecule has 9 heteroatoms. The van der Waals surface area contributed by atoms with Crippen LogP contribution in [0.25, 0.3) is 0 Å². The molecular formula is C16H15BrF3IO3S. The van der Waals surface area contributed by atoms with Crippen LogP contribution in [0.5, 0.6) is 0 Å². The zero-order chi connectivity index (χ0) is 19.0. The normalized spacial score (nSPS) is 13.0. The van der Waals surface area contributed by atoms with Gasteiger partial charge in [-0.05, 0) is 0 Å². The Morgan fingerprint density at radius 2 is 1.48 bits per heavy atom. The fourth-order valence-electron chi connectivity index (χ4n) is 2.27. The van der Waals surface area contributed by atoms with Gasteiger partial charge in [0.05, 0.1) is 0 Å². The topological polar surface area (TPSA) is 43.4 Å². The fourth-order valence-corrected chi connectivity index (χ4v) is 9.60. The molecule has 0 fully saturated rings. The van der Waals surface area contributed by atoms with E-state index < -0.39 is 35.9 Å². The van der Waals surface area contributed by atoms with Crippen molar-refractivity contribution in [3.05, 3.63) is 64.7 Å². The third-order valence-electron chi connectivity index (χ3n) is 3.18. The Morgan fingerprint density at radius 1 is 1.00 bits per heavy atom. The van der Waals surface area contributed by atoms with Gasteiger partial charge in [-0.15, -0.1) is 0 Å². The molecule has 0 heterocycles. The number of rotatable bonds is 4. The van der Waals surface area contributed by atoms with Crippen LogP contribution in [-0.4, -0.2) is 13.9 Å². The van der Waals surface area contributed by atoms with Gasteiger partial charge in [-0.2, -0.15) is 0 Å². The second-order valence-electron chi connectivity index (χ2n) is 5.36. The Bertz CT molecular complexity index is 857. The Balaban J connectivity index is 2.64. The molecule has 0 aliphatic carbocycles. The van der Waals surface area contributed by atoms with E-state index in [1.54, 1.807) is 38.1 Å². The van der Waals surface area contributed by atoms with Crippen molar-refractivity contribution >= 4 is 46.3 Å². The molecule has 0 aliphatic heterocycles. The van der Waals surface area contributed by atoms with Gasteiger partial charge in [-0.3, -0.25) is 0 Å². The van der Waals surface area contributed by atoms with Gasteiger partial charge in [0.15, 0.2) is 0 Å². The minimum absolute atomic E-state index is 0.468. The van der Waals surface area contributed by atoms with Crippen molar-refractivity contribution in [3.8, 4) is 0 Å². The summed E-state index contributed by atoms with van der Waals surface area (Å²) in [5.74, 6) is 0. The van der Waals surface area contributed by atoms with E-state index in [4.69, 9.17) is 2.51 Å². The quantitative estimate of drug-likeness (QED) is 0.362. The van der Waals surface area contributed by atoms with Crippen LogP contribution in [0.2, 0.25) is 0 Å². The Labute approximate surface area is 160 Å². The predicted molar refractivity (Wildman–Crippen MR) is 102 cm³/mol. The van der Waals surface area contributed by atoms with Crippen LogP contribution in [0, 0.1) is 27.9 Å². The number of hydrogen-bond acceptors (Lipinski definition) is 3. The van der Waals surface area contributed by atoms with Crippen LogP contribution in [0.3, 0.4) is 0 Å². The van der Waals surface area contributed by atoms with E-state index in [1.165, 1.54) is 0 Å². The molecule has 3 nitrogen and oxygen atoms in total. The molecule has 0 saturated heterocycles. The van der Waals surface area contributed by atoms with E-state index in [9.17, 15) is 21.6 Å². The standard InChI is InChI=1S/C16H15BrF3IO3S/c1-10-8-11(2)15(12(3)9-10)21(14-6-4-13(17)5-7-14)24-25(22,23)16(18,19)20/h4-9H,1-3H3. The van der Waals surface area contributed by atoms with Crippen LogP contribution in [0.1, 0.15) is 16.7 Å². The zero-order valence-electron chi connectivity index (χ0n) is 13.5. The molecule has 0 bridgehead atoms. The van der Waals surface area contributed by atoms with Crippen molar-refractivity contribution in [3.63, 3.8) is 0 Å². The van der Waals surface area contributed by atoms with Crippen LogP contribution in [0.4, 0.5) is 13.2 Å². The fraction of sp³-hybridized carbons (Fsp3) is 0.250. The van der Waals surface area contributed by atoms with Gasteiger partial charge >= 0.3 is 161 Å². The van der Waals surface area contributed by atoms with Gasteiger partial charge in [-0.1, -0.05) is 0 Å². The number of benzene rings is 2. The summed E-state index contributed by atoms with van der Waals surface area (Å²) >= 11 is -0.0853. The number of hydrogen-bond donors (Lipinski definition) is 0. The molecule has 25 heavy (non-hydrogen) atoms. The van der Waals surface area contributed by atoms with Crippen molar-refractivity contribution < 1.29 is 24.1 Å². The third-order valence-corrected chi connectivity index (χ3v) is 11.6. The average molecular weight is 551 g/mol. The molecule has 0 atom stereocenters. The molecule has 0 aromatic heterocycles. The molecule has 2 aromatic carbocycles. The molecule has 0 saturated carbocycles.